The third-order valence-corrected chi connectivity index (χ3v) is 8.46. The summed E-state index contributed by atoms with van der Waals surface area (Å²) in [5, 5.41) is -0.423. The number of nitrogens with zero attached hydrogens (tertiary/aromatic N) is 4. The second-order valence-electron chi connectivity index (χ2n) is 10.6. The molecule has 4 aromatic rings. The molecule has 1 aliphatic carbocycles. The van der Waals surface area contributed by atoms with Crippen LogP contribution in [-0.2, 0) is 42.6 Å². The minimum atomic E-state index is -4.54. The van der Waals surface area contributed by atoms with Crippen LogP contribution in [0.3, 0.4) is 0 Å². The zero-order valence-corrected chi connectivity index (χ0v) is 26.4. The van der Waals surface area contributed by atoms with Gasteiger partial charge in [0.2, 0.25) is 5.91 Å². The summed E-state index contributed by atoms with van der Waals surface area (Å²) in [6, 6.07) is 7.01. The lowest BCUT2D eigenvalue weighted by Crippen LogP contribution is -2.40. The predicted octanol–water partition coefficient (Wildman–Crippen LogP) is 7.22. The first-order valence-corrected chi connectivity index (χ1v) is 15.9. The Morgan fingerprint density at radius 2 is 1.60 bits per heavy atom. The maximum atomic E-state index is 14.8. The van der Waals surface area contributed by atoms with Gasteiger partial charge in [-0.1, -0.05) is 74.1 Å². The monoisotopic (exact) mass is 676 g/mol. The van der Waals surface area contributed by atoms with E-state index in [1.54, 1.807) is 13.8 Å². The number of fused-ring (bicyclic) bond motifs is 1. The van der Waals surface area contributed by atoms with Gasteiger partial charge in [0.25, 0.3) is 5.56 Å². The highest BCUT2D eigenvalue weighted by atomic mass is 32.2. The van der Waals surface area contributed by atoms with Gasteiger partial charge in [-0.15, -0.1) is 0 Å². The van der Waals surface area contributed by atoms with Crippen LogP contribution in [0.4, 0.5) is 17.6 Å². The van der Waals surface area contributed by atoms with Gasteiger partial charge in [-0.3, -0.25) is 9.59 Å². The number of hydrogen-bond acceptors (Lipinski definition) is 5. The summed E-state index contributed by atoms with van der Waals surface area (Å²) >= 11 is 0.592. The van der Waals surface area contributed by atoms with E-state index in [4.69, 9.17) is 11.0 Å². The first-order chi connectivity index (χ1) is 26.5. The van der Waals surface area contributed by atoms with Gasteiger partial charge < -0.3 is 14.4 Å². The topological polar surface area (TPSA) is 58.4 Å². The molecular formula is C36H38F4N4O2S. The van der Waals surface area contributed by atoms with Crippen molar-refractivity contribution in [1.29, 1.82) is 0 Å². The van der Waals surface area contributed by atoms with Gasteiger partial charge in [0.05, 0.1) is 16.5 Å². The van der Waals surface area contributed by atoms with Crippen LogP contribution in [0, 0.1) is 5.82 Å². The van der Waals surface area contributed by atoms with Crippen molar-refractivity contribution in [3.8, 4) is 11.1 Å². The molecule has 11 heteroatoms. The fourth-order valence-corrected chi connectivity index (χ4v) is 5.79. The number of alkyl halides is 3. The van der Waals surface area contributed by atoms with Crippen molar-refractivity contribution in [1.82, 2.24) is 19.4 Å². The van der Waals surface area contributed by atoms with Gasteiger partial charge >= 0.3 is 6.18 Å². The molecule has 6 nitrogen and oxygen atoms in total. The molecule has 5 rings (SSSR count). The molecule has 0 radical (unpaired) electrons. The molecule has 1 aromatic heterocycles. The average molecular weight is 677 g/mol. The maximum absolute atomic E-state index is 14.8. The van der Waals surface area contributed by atoms with E-state index in [1.165, 1.54) is 36.4 Å². The smallest absolute Gasteiger partial charge is 0.336 e. The molecule has 1 heterocycles. The van der Waals surface area contributed by atoms with E-state index >= 15 is 0 Å². The van der Waals surface area contributed by atoms with Crippen molar-refractivity contribution in [3.05, 3.63) is 117 Å². The fourth-order valence-electron chi connectivity index (χ4n) is 4.94. The van der Waals surface area contributed by atoms with Crippen LogP contribution in [0.5, 0.6) is 0 Å². The Hall–Kier alpha value is -3.96. The van der Waals surface area contributed by atoms with Crippen molar-refractivity contribution < 1.29 is 36.1 Å². The molecule has 0 N–H and O–H groups in total. The number of hydrogen-bond donors (Lipinski definition) is 0. The molecular weight excluding hydrogens is 628 g/mol. The maximum Gasteiger partial charge on any atom is 0.416 e. The summed E-state index contributed by atoms with van der Waals surface area (Å²) in [7, 11) is 0. The van der Waals surface area contributed by atoms with Crippen molar-refractivity contribution in [2.24, 2.45) is 0 Å². The molecule has 1 amide bonds. The highest BCUT2D eigenvalue weighted by Crippen LogP contribution is 2.31. The molecule has 0 fully saturated rings. The van der Waals surface area contributed by atoms with Crippen LogP contribution >= 0.6 is 11.8 Å². The normalized spacial score (nSPS) is 16.8. The number of likely N-dealkylation sites (N-methyl/N-ethyl adjacent to an activating group) is 1. The van der Waals surface area contributed by atoms with Crippen LogP contribution in [0.2, 0.25) is 0 Å². The third-order valence-electron chi connectivity index (χ3n) is 7.50. The number of benzene rings is 3. The SMILES string of the molecule is [2H]c1c([2H])c(CSc2nc(=O)c3c(n2C([2H])([2H])C(=O)N(Cc2ccc(-c4ccc(C(F)(F)F)cc4)cc2)C([2H])([2H])C([2H])([2H])N(CC)CC)CCC3)c([2H])c([2H])c1F. The quantitative estimate of drug-likeness (QED) is 0.0851. The van der Waals surface area contributed by atoms with Gasteiger partial charge in [-0.2, -0.15) is 18.2 Å². The van der Waals surface area contributed by atoms with E-state index in [0.717, 1.165) is 21.6 Å². The Morgan fingerprint density at radius 3 is 2.21 bits per heavy atom. The Labute approximate surface area is 290 Å². The molecule has 47 heavy (non-hydrogen) atoms. The number of amides is 1. The van der Waals surface area contributed by atoms with E-state index in [2.05, 4.69) is 4.98 Å². The number of carbonyl (C=O) groups is 1. The summed E-state index contributed by atoms with van der Waals surface area (Å²) in [5.74, 6) is -3.39. The van der Waals surface area contributed by atoms with Crippen LogP contribution in [-0.4, -0.2) is 51.3 Å². The van der Waals surface area contributed by atoms with Crippen molar-refractivity contribution in [3.63, 3.8) is 0 Å². The Morgan fingerprint density at radius 1 is 0.957 bits per heavy atom. The molecule has 0 saturated carbocycles. The van der Waals surface area contributed by atoms with E-state index in [1.807, 2.05) is 0 Å². The predicted molar refractivity (Wildman–Crippen MR) is 177 cm³/mol. The molecule has 0 atom stereocenters. The summed E-state index contributed by atoms with van der Waals surface area (Å²) in [5.41, 5.74) is -0.575. The van der Waals surface area contributed by atoms with Crippen LogP contribution in [0.25, 0.3) is 11.1 Å². The number of aromatic nitrogens is 2. The molecule has 0 spiro atoms. The van der Waals surface area contributed by atoms with Crippen molar-refractivity contribution in [2.75, 3.05) is 26.1 Å². The number of thioether (sulfide) groups is 1. The molecule has 1 aliphatic rings. The minimum absolute atomic E-state index is 0.0110. The lowest BCUT2D eigenvalue weighted by Gasteiger charge is -2.28. The first-order valence-electron chi connectivity index (χ1n) is 19.9. The van der Waals surface area contributed by atoms with Gasteiger partial charge in [0.1, 0.15) is 12.3 Å². The van der Waals surface area contributed by atoms with E-state index in [9.17, 15) is 29.9 Å². The summed E-state index contributed by atoms with van der Waals surface area (Å²) < 4.78 is 141. The molecule has 248 valence electrons. The summed E-state index contributed by atoms with van der Waals surface area (Å²) in [6.45, 7) is -6.89. The summed E-state index contributed by atoms with van der Waals surface area (Å²) in [6.07, 6.45) is -3.88. The second-order valence-corrected chi connectivity index (χ2v) is 11.5. The number of halogens is 4. The van der Waals surface area contributed by atoms with Crippen molar-refractivity contribution >= 4 is 17.7 Å². The lowest BCUT2D eigenvalue weighted by atomic mass is 10.0. The van der Waals surface area contributed by atoms with Crippen molar-refractivity contribution in [2.45, 2.75) is 63.2 Å². The number of rotatable bonds is 13. The minimum Gasteiger partial charge on any atom is -0.336 e. The van der Waals surface area contributed by atoms with Gasteiger partial charge in [-0.05, 0) is 78.8 Å². The average Bonchev–Trinajstić information content (AvgIpc) is 3.65. The molecule has 0 unspecified atom stereocenters. The third kappa shape index (κ3) is 8.70. The fraction of sp³-hybridized carbons (Fsp3) is 0.361. The van der Waals surface area contributed by atoms with E-state index in [-0.39, 0.29) is 48.3 Å². The Bertz CT molecular complexity index is 2190. The first kappa shape index (κ1) is 23.4. The number of carbonyl (C=O) groups excluding carboxylic acids is 1. The van der Waals surface area contributed by atoms with Gasteiger partial charge in [0, 0.05) is 39.3 Å². The van der Waals surface area contributed by atoms with E-state index < -0.39 is 90.1 Å². The lowest BCUT2D eigenvalue weighted by molar-refractivity contribution is -0.137. The molecule has 0 saturated heterocycles. The van der Waals surface area contributed by atoms with Crippen LogP contribution in [0.15, 0.2) is 82.7 Å². The zero-order chi connectivity index (χ0) is 42.4. The largest absolute Gasteiger partial charge is 0.416 e. The summed E-state index contributed by atoms with van der Waals surface area (Å²) in [4.78, 5) is 33.5. The Balaban J connectivity index is 1.60. The second kappa shape index (κ2) is 15.3. The van der Waals surface area contributed by atoms with Gasteiger partial charge in [-0.25, -0.2) is 4.39 Å². The molecule has 3 aromatic carbocycles. The van der Waals surface area contributed by atoms with Gasteiger partial charge in [0.15, 0.2) is 5.16 Å². The van der Waals surface area contributed by atoms with Crippen LogP contribution < -0.4 is 5.56 Å². The highest BCUT2D eigenvalue weighted by molar-refractivity contribution is 7.98. The zero-order valence-electron chi connectivity index (χ0n) is 35.6. The standard InChI is InChI=1S/C36H38F4N4O2S/c1-3-42(4-2)20-21-43(22-25-8-12-27(13-9-25)28-14-16-29(17-15-28)36(38,39)40)33(45)23-44-32-7-5-6-31(32)34(46)41-35(44)47-24-26-10-18-30(37)19-11-26/h8-19H,3-7,20-24H2,1-2H3/i10D,11D,18D,19D,20D2,21D2,23D2. The highest BCUT2D eigenvalue weighted by Gasteiger charge is 2.30. The molecule has 0 aliphatic heterocycles. The van der Waals surface area contributed by atoms with E-state index in [0.29, 0.717) is 34.2 Å². The van der Waals surface area contributed by atoms with Crippen LogP contribution in [0.1, 0.15) is 61.9 Å². The molecule has 0 bridgehead atoms. The Kier molecular flexibility index (Phi) is 7.61.